The van der Waals surface area contributed by atoms with Crippen molar-refractivity contribution in [1.29, 1.82) is 0 Å². The lowest BCUT2D eigenvalue weighted by molar-refractivity contribution is -0.385. The molecule has 0 N–H and O–H groups in total. The number of rotatable bonds is 3. The summed E-state index contributed by atoms with van der Waals surface area (Å²) in [5.74, 6) is 0.150. The van der Waals surface area contributed by atoms with Crippen molar-refractivity contribution in [2.24, 2.45) is 0 Å². The van der Waals surface area contributed by atoms with Crippen LogP contribution in [0, 0.1) is 22.9 Å². The van der Waals surface area contributed by atoms with E-state index < -0.39 is 10.7 Å². The molecule has 7 heteroatoms. The molecule has 0 saturated heterocycles. The van der Waals surface area contributed by atoms with E-state index in [9.17, 15) is 14.5 Å². The molecule has 3 aromatic rings. The molecule has 22 heavy (non-hydrogen) atoms. The van der Waals surface area contributed by atoms with Crippen molar-refractivity contribution in [1.82, 2.24) is 9.97 Å². The third-order valence-corrected chi connectivity index (χ3v) is 3.14. The van der Waals surface area contributed by atoms with Gasteiger partial charge in [0, 0.05) is 11.6 Å². The minimum Gasteiger partial charge on any atom is -0.438 e. The first kappa shape index (κ1) is 13.9. The van der Waals surface area contributed by atoms with Crippen molar-refractivity contribution >= 4 is 16.6 Å². The predicted octanol–water partition coefficient (Wildman–Crippen LogP) is 3.78. The van der Waals surface area contributed by atoms with E-state index >= 15 is 0 Å². The van der Waals surface area contributed by atoms with Gasteiger partial charge < -0.3 is 4.74 Å². The van der Waals surface area contributed by atoms with Crippen LogP contribution in [0.25, 0.3) is 10.9 Å². The van der Waals surface area contributed by atoms with Crippen molar-refractivity contribution in [3.05, 3.63) is 64.2 Å². The molecule has 0 aliphatic heterocycles. The molecule has 0 atom stereocenters. The van der Waals surface area contributed by atoms with Crippen molar-refractivity contribution in [3.8, 4) is 11.6 Å². The van der Waals surface area contributed by atoms with Crippen molar-refractivity contribution in [2.75, 3.05) is 0 Å². The van der Waals surface area contributed by atoms with Crippen LogP contribution in [0.3, 0.4) is 0 Å². The average molecular weight is 299 g/mol. The number of benzene rings is 2. The summed E-state index contributed by atoms with van der Waals surface area (Å²) in [5.41, 5.74) is 1.02. The number of aromatic nitrogens is 2. The molecule has 2 aromatic carbocycles. The average Bonchev–Trinajstić information content (AvgIpc) is 2.47. The molecule has 0 saturated carbocycles. The fourth-order valence-corrected chi connectivity index (χ4v) is 2.09. The van der Waals surface area contributed by atoms with Crippen molar-refractivity contribution in [2.45, 2.75) is 6.92 Å². The number of hydrogen-bond donors (Lipinski definition) is 0. The van der Waals surface area contributed by atoms with E-state index in [1.54, 1.807) is 6.92 Å². The molecule has 0 aliphatic rings. The molecule has 0 radical (unpaired) electrons. The summed E-state index contributed by atoms with van der Waals surface area (Å²) in [6, 6.07) is 8.47. The Morgan fingerprint density at radius 1 is 1.18 bits per heavy atom. The quantitative estimate of drug-likeness (QED) is 0.543. The maximum Gasteiger partial charge on any atom is 0.272 e. The van der Waals surface area contributed by atoms with Gasteiger partial charge in [0.1, 0.15) is 17.9 Å². The molecule has 0 fully saturated rings. The van der Waals surface area contributed by atoms with Gasteiger partial charge in [0.15, 0.2) is 0 Å². The van der Waals surface area contributed by atoms with Gasteiger partial charge in [0.2, 0.25) is 5.88 Å². The molecule has 0 spiro atoms. The van der Waals surface area contributed by atoms with Gasteiger partial charge in [0.05, 0.1) is 15.8 Å². The van der Waals surface area contributed by atoms with E-state index in [0.29, 0.717) is 22.2 Å². The van der Waals surface area contributed by atoms with Crippen LogP contribution >= 0.6 is 0 Å². The molecule has 3 rings (SSSR count). The molecule has 6 nitrogen and oxygen atoms in total. The first-order chi connectivity index (χ1) is 10.5. The second kappa shape index (κ2) is 5.36. The van der Waals surface area contributed by atoms with Gasteiger partial charge in [-0.05, 0) is 37.3 Å². The maximum absolute atomic E-state index is 13.4. The first-order valence-corrected chi connectivity index (χ1v) is 6.38. The zero-order chi connectivity index (χ0) is 15.7. The zero-order valence-corrected chi connectivity index (χ0v) is 11.5. The van der Waals surface area contributed by atoms with Gasteiger partial charge in [-0.1, -0.05) is 0 Å². The van der Waals surface area contributed by atoms with Gasteiger partial charge in [-0.2, -0.15) is 0 Å². The number of aryl methyl sites for hydroxylation is 1. The molecule has 0 unspecified atom stereocenters. The molecule has 0 amide bonds. The number of nitrogens with zero attached hydrogens (tertiary/aromatic N) is 3. The topological polar surface area (TPSA) is 78.2 Å². The third-order valence-electron chi connectivity index (χ3n) is 3.14. The summed E-state index contributed by atoms with van der Waals surface area (Å²) >= 11 is 0. The highest BCUT2D eigenvalue weighted by Gasteiger charge is 2.12. The van der Waals surface area contributed by atoms with E-state index in [2.05, 4.69) is 9.97 Å². The zero-order valence-electron chi connectivity index (χ0n) is 11.5. The summed E-state index contributed by atoms with van der Waals surface area (Å²) in [6.45, 7) is 1.61. The molecule has 0 aliphatic carbocycles. The van der Waals surface area contributed by atoms with E-state index in [0.717, 1.165) is 0 Å². The Balaban J connectivity index is 2.01. The standard InChI is InChI=1S/C15H10FN3O3/c1-9-6-11(3-5-14(9)19(20)21)22-15-12-7-10(16)2-4-13(12)17-8-18-15/h2-8H,1H3. The number of nitro benzene ring substituents is 1. The van der Waals surface area contributed by atoms with E-state index in [1.807, 2.05) is 0 Å². The number of halogens is 1. The summed E-state index contributed by atoms with van der Waals surface area (Å²) < 4.78 is 19.0. The van der Waals surface area contributed by atoms with Crippen LogP contribution in [0.15, 0.2) is 42.7 Å². The number of ether oxygens (including phenoxy) is 1. The van der Waals surface area contributed by atoms with E-state index in [1.165, 1.54) is 42.7 Å². The lowest BCUT2D eigenvalue weighted by Gasteiger charge is -2.08. The molecule has 110 valence electrons. The monoisotopic (exact) mass is 299 g/mol. The lowest BCUT2D eigenvalue weighted by atomic mass is 10.2. The second-order valence-electron chi connectivity index (χ2n) is 4.65. The Morgan fingerprint density at radius 2 is 2.00 bits per heavy atom. The highest BCUT2D eigenvalue weighted by Crippen LogP contribution is 2.29. The Kier molecular flexibility index (Phi) is 3.38. The normalized spacial score (nSPS) is 10.6. The predicted molar refractivity (Wildman–Crippen MR) is 77.4 cm³/mol. The summed E-state index contributed by atoms with van der Waals surface area (Å²) in [5, 5.41) is 11.2. The molecule has 1 heterocycles. The van der Waals surface area contributed by atoms with E-state index in [4.69, 9.17) is 4.74 Å². The highest BCUT2D eigenvalue weighted by molar-refractivity contribution is 5.83. The number of nitro groups is 1. The van der Waals surface area contributed by atoms with Gasteiger partial charge in [-0.3, -0.25) is 10.1 Å². The van der Waals surface area contributed by atoms with Gasteiger partial charge >= 0.3 is 0 Å². The van der Waals surface area contributed by atoms with Gasteiger partial charge in [-0.15, -0.1) is 0 Å². The van der Waals surface area contributed by atoms with Crippen LogP contribution in [0.4, 0.5) is 10.1 Å². The van der Waals surface area contributed by atoms with Gasteiger partial charge in [-0.25, -0.2) is 14.4 Å². The lowest BCUT2D eigenvalue weighted by Crippen LogP contribution is -1.94. The third kappa shape index (κ3) is 2.56. The number of hydrogen-bond acceptors (Lipinski definition) is 5. The van der Waals surface area contributed by atoms with Crippen LogP contribution in [0.2, 0.25) is 0 Å². The highest BCUT2D eigenvalue weighted by atomic mass is 19.1. The first-order valence-electron chi connectivity index (χ1n) is 6.38. The Labute approximate surface area is 124 Å². The smallest absolute Gasteiger partial charge is 0.272 e. The van der Waals surface area contributed by atoms with E-state index in [-0.39, 0.29) is 11.6 Å². The number of fused-ring (bicyclic) bond motifs is 1. The fraction of sp³-hybridized carbons (Fsp3) is 0.0667. The van der Waals surface area contributed by atoms with Crippen molar-refractivity contribution in [3.63, 3.8) is 0 Å². The molecular weight excluding hydrogens is 289 g/mol. The van der Waals surface area contributed by atoms with Crippen LogP contribution in [0.5, 0.6) is 11.6 Å². The maximum atomic E-state index is 13.4. The summed E-state index contributed by atoms with van der Waals surface area (Å²) in [4.78, 5) is 18.4. The van der Waals surface area contributed by atoms with Crippen LogP contribution in [0.1, 0.15) is 5.56 Å². The fourth-order valence-electron chi connectivity index (χ4n) is 2.09. The molecular formula is C15H10FN3O3. The summed E-state index contributed by atoms with van der Waals surface area (Å²) in [6.07, 6.45) is 1.31. The largest absolute Gasteiger partial charge is 0.438 e. The van der Waals surface area contributed by atoms with Crippen LogP contribution < -0.4 is 4.74 Å². The van der Waals surface area contributed by atoms with Crippen LogP contribution in [-0.4, -0.2) is 14.9 Å². The summed E-state index contributed by atoms with van der Waals surface area (Å²) in [7, 11) is 0. The minimum atomic E-state index is -0.464. The Morgan fingerprint density at radius 3 is 2.73 bits per heavy atom. The van der Waals surface area contributed by atoms with Gasteiger partial charge in [0.25, 0.3) is 5.69 Å². The van der Waals surface area contributed by atoms with Crippen molar-refractivity contribution < 1.29 is 14.1 Å². The SMILES string of the molecule is Cc1cc(Oc2ncnc3ccc(F)cc23)ccc1[N+](=O)[O-]. The van der Waals surface area contributed by atoms with Crippen LogP contribution in [-0.2, 0) is 0 Å². The minimum absolute atomic E-state index is 0.00550. The Bertz CT molecular complexity index is 883. The molecule has 0 bridgehead atoms. The Hall–Kier alpha value is -3.09. The second-order valence-corrected chi connectivity index (χ2v) is 4.65. The molecule has 1 aromatic heterocycles.